The van der Waals surface area contributed by atoms with E-state index in [1.54, 1.807) is 12.4 Å². The third-order valence-electron chi connectivity index (χ3n) is 6.46. The van der Waals surface area contributed by atoms with Crippen LogP contribution in [0.2, 0.25) is 0 Å². The summed E-state index contributed by atoms with van der Waals surface area (Å²) in [6, 6.07) is 25.4. The first-order valence-corrected chi connectivity index (χ1v) is 11.5. The fourth-order valence-corrected chi connectivity index (χ4v) is 4.76. The SMILES string of the molecule is O=c1ccn([C@H]2C[C@H](O)[C@@H](CNC(c3ccccc3)(c3ccccc3)c3ccncc3)O2)c(=O)[nH]1. The van der Waals surface area contributed by atoms with E-state index in [4.69, 9.17) is 4.74 Å². The highest BCUT2D eigenvalue weighted by atomic mass is 16.5. The molecule has 2 aromatic carbocycles. The van der Waals surface area contributed by atoms with Gasteiger partial charge in [-0.25, -0.2) is 4.79 Å². The highest BCUT2D eigenvalue weighted by Crippen LogP contribution is 2.37. The van der Waals surface area contributed by atoms with Crippen LogP contribution in [-0.4, -0.2) is 38.4 Å². The number of pyridine rings is 1. The second kappa shape index (κ2) is 9.79. The molecule has 0 bridgehead atoms. The van der Waals surface area contributed by atoms with Crippen LogP contribution in [0.5, 0.6) is 0 Å². The van der Waals surface area contributed by atoms with Crippen LogP contribution in [0.3, 0.4) is 0 Å². The number of aromatic nitrogens is 3. The fraction of sp³-hybridized carbons (Fsp3) is 0.222. The zero-order valence-corrected chi connectivity index (χ0v) is 19.0. The number of rotatable bonds is 7. The maximum atomic E-state index is 12.2. The van der Waals surface area contributed by atoms with Gasteiger partial charge in [0.1, 0.15) is 6.23 Å². The minimum atomic E-state index is -0.798. The number of hydrogen-bond acceptors (Lipinski definition) is 6. The molecule has 1 fully saturated rings. The highest BCUT2D eigenvalue weighted by molar-refractivity contribution is 5.49. The largest absolute Gasteiger partial charge is 0.390 e. The Hall–Kier alpha value is -3.85. The molecule has 0 radical (unpaired) electrons. The molecular weight excluding hydrogens is 444 g/mol. The van der Waals surface area contributed by atoms with E-state index < -0.39 is 35.2 Å². The number of H-pyrrole nitrogens is 1. The Labute approximate surface area is 201 Å². The van der Waals surface area contributed by atoms with E-state index in [0.717, 1.165) is 16.7 Å². The van der Waals surface area contributed by atoms with Crippen molar-refractivity contribution < 1.29 is 9.84 Å². The van der Waals surface area contributed by atoms with Crippen LogP contribution in [0.4, 0.5) is 0 Å². The molecule has 1 saturated heterocycles. The van der Waals surface area contributed by atoms with Crippen LogP contribution < -0.4 is 16.6 Å². The van der Waals surface area contributed by atoms with Crippen molar-refractivity contribution in [2.75, 3.05) is 6.54 Å². The number of nitrogens with one attached hydrogen (secondary N) is 2. The standard InChI is InChI=1S/C27H26N4O4/c32-22-17-25(31-16-13-24(33)30-26(31)34)35-23(22)18-29-27(19-7-3-1-4-8-19,20-9-5-2-6-10-20)21-11-14-28-15-12-21/h1-16,22-23,25,29,32H,17-18H2,(H,30,33,34)/t22-,23+,25+/m0/s1. The first kappa shape index (κ1) is 22.9. The lowest BCUT2D eigenvalue weighted by atomic mass is 9.77. The van der Waals surface area contributed by atoms with Crippen LogP contribution in [0.15, 0.2) is 107 Å². The van der Waals surface area contributed by atoms with Crippen molar-refractivity contribution >= 4 is 0 Å². The Kier molecular flexibility index (Phi) is 6.41. The number of aliphatic hydroxyl groups excluding tert-OH is 1. The zero-order valence-electron chi connectivity index (χ0n) is 19.0. The molecule has 0 aliphatic carbocycles. The molecule has 5 rings (SSSR count). The average Bonchev–Trinajstić information content (AvgIpc) is 3.26. The molecule has 0 saturated carbocycles. The monoisotopic (exact) mass is 470 g/mol. The summed E-state index contributed by atoms with van der Waals surface area (Å²) in [4.78, 5) is 30.1. The van der Waals surface area contributed by atoms with Crippen molar-refractivity contribution in [3.05, 3.63) is 135 Å². The van der Waals surface area contributed by atoms with Crippen molar-refractivity contribution in [2.24, 2.45) is 0 Å². The summed E-state index contributed by atoms with van der Waals surface area (Å²) in [5.41, 5.74) is 1.27. The molecule has 8 heteroatoms. The number of hydrogen-bond donors (Lipinski definition) is 3. The van der Waals surface area contributed by atoms with E-state index in [0.29, 0.717) is 6.54 Å². The second-order valence-corrected chi connectivity index (χ2v) is 8.55. The van der Waals surface area contributed by atoms with E-state index in [9.17, 15) is 14.7 Å². The van der Waals surface area contributed by atoms with Gasteiger partial charge in [-0.2, -0.15) is 0 Å². The lowest BCUT2D eigenvalue weighted by molar-refractivity contribution is -0.0212. The Morgan fingerprint density at radius 3 is 2.14 bits per heavy atom. The van der Waals surface area contributed by atoms with Gasteiger partial charge in [-0.05, 0) is 28.8 Å². The van der Waals surface area contributed by atoms with Gasteiger partial charge in [0.25, 0.3) is 5.56 Å². The predicted molar refractivity (Wildman–Crippen MR) is 131 cm³/mol. The van der Waals surface area contributed by atoms with Crippen LogP contribution >= 0.6 is 0 Å². The van der Waals surface area contributed by atoms with Crippen LogP contribution in [0.1, 0.15) is 29.3 Å². The summed E-state index contributed by atoms with van der Waals surface area (Å²) in [5, 5.41) is 14.5. The van der Waals surface area contributed by atoms with Gasteiger partial charge in [0.05, 0.1) is 17.7 Å². The van der Waals surface area contributed by atoms with Gasteiger partial charge in [-0.15, -0.1) is 0 Å². The third kappa shape index (κ3) is 4.46. The maximum absolute atomic E-state index is 12.2. The molecule has 8 nitrogen and oxygen atoms in total. The maximum Gasteiger partial charge on any atom is 0.330 e. The second-order valence-electron chi connectivity index (χ2n) is 8.55. The molecule has 0 amide bonds. The molecule has 4 aromatic rings. The number of aromatic amines is 1. The number of ether oxygens (including phenoxy) is 1. The van der Waals surface area contributed by atoms with E-state index >= 15 is 0 Å². The first-order chi connectivity index (χ1) is 17.1. The molecule has 3 heterocycles. The Balaban J connectivity index is 1.50. The minimum Gasteiger partial charge on any atom is -0.390 e. The van der Waals surface area contributed by atoms with E-state index in [2.05, 4.69) is 39.6 Å². The van der Waals surface area contributed by atoms with Crippen molar-refractivity contribution in [1.82, 2.24) is 19.9 Å². The zero-order chi connectivity index (χ0) is 24.3. The van der Waals surface area contributed by atoms with Gasteiger partial charge in [-0.3, -0.25) is 24.6 Å². The van der Waals surface area contributed by atoms with Crippen LogP contribution in [-0.2, 0) is 10.3 Å². The third-order valence-corrected chi connectivity index (χ3v) is 6.46. The van der Waals surface area contributed by atoms with Gasteiger partial charge in [-0.1, -0.05) is 60.7 Å². The van der Waals surface area contributed by atoms with Gasteiger partial charge in [0, 0.05) is 37.6 Å². The Morgan fingerprint density at radius 2 is 1.54 bits per heavy atom. The summed E-state index contributed by atoms with van der Waals surface area (Å²) in [5.74, 6) is 0. The quantitative estimate of drug-likeness (QED) is 0.382. The average molecular weight is 471 g/mol. The fourth-order valence-electron chi connectivity index (χ4n) is 4.76. The first-order valence-electron chi connectivity index (χ1n) is 11.5. The minimum absolute atomic E-state index is 0.233. The van der Waals surface area contributed by atoms with E-state index in [1.807, 2.05) is 48.5 Å². The molecule has 3 atom stereocenters. The van der Waals surface area contributed by atoms with Gasteiger partial charge in [0.2, 0.25) is 0 Å². The summed E-state index contributed by atoms with van der Waals surface area (Å²) in [7, 11) is 0. The Bertz CT molecular complexity index is 1280. The lowest BCUT2D eigenvalue weighted by Crippen LogP contribution is -2.49. The van der Waals surface area contributed by atoms with Crippen LogP contribution in [0, 0.1) is 0 Å². The molecular formula is C27H26N4O4. The molecule has 178 valence electrons. The van der Waals surface area contributed by atoms with E-state index in [1.165, 1.54) is 16.8 Å². The smallest absolute Gasteiger partial charge is 0.330 e. The summed E-state index contributed by atoms with van der Waals surface area (Å²) in [6.45, 7) is 0.307. The number of benzene rings is 2. The van der Waals surface area contributed by atoms with Crippen molar-refractivity contribution in [3.63, 3.8) is 0 Å². The summed E-state index contributed by atoms with van der Waals surface area (Å²) < 4.78 is 7.40. The highest BCUT2D eigenvalue weighted by Gasteiger charge is 2.40. The van der Waals surface area contributed by atoms with Crippen molar-refractivity contribution in [2.45, 2.75) is 30.4 Å². The molecule has 0 spiro atoms. The van der Waals surface area contributed by atoms with Crippen molar-refractivity contribution in [1.29, 1.82) is 0 Å². The normalized spacial score (nSPS) is 20.1. The van der Waals surface area contributed by atoms with Gasteiger partial charge < -0.3 is 9.84 Å². The van der Waals surface area contributed by atoms with E-state index in [-0.39, 0.29) is 6.42 Å². The molecule has 0 unspecified atom stereocenters. The van der Waals surface area contributed by atoms with Gasteiger partial charge >= 0.3 is 5.69 Å². The van der Waals surface area contributed by atoms with Crippen molar-refractivity contribution in [3.8, 4) is 0 Å². The Morgan fingerprint density at radius 1 is 0.943 bits per heavy atom. The summed E-state index contributed by atoms with van der Waals surface area (Å²) >= 11 is 0. The number of aliphatic hydroxyl groups is 1. The molecule has 35 heavy (non-hydrogen) atoms. The number of nitrogens with zero attached hydrogens (tertiary/aromatic N) is 2. The molecule has 1 aliphatic rings. The molecule has 2 aromatic heterocycles. The van der Waals surface area contributed by atoms with Gasteiger partial charge in [0.15, 0.2) is 0 Å². The van der Waals surface area contributed by atoms with Crippen LogP contribution in [0.25, 0.3) is 0 Å². The lowest BCUT2D eigenvalue weighted by Gasteiger charge is -2.38. The molecule has 3 N–H and O–H groups in total. The topological polar surface area (TPSA) is 109 Å². The predicted octanol–water partition coefficient (Wildman–Crippen LogP) is 2.16. The molecule has 1 aliphatic heterocycles. The summed E-state index contributed by atoms with van der Waals surface area (Å²) in [6.07, 6.45) is 3.10.